The molecule has 1 aliphatic heterocycles. The van der Waals surface area contributed by atoms with Crippen molar-refractivity contribution < 1.29 is 14.0 Å². The van der Waals surface area contributed by atoms with Gasteiger partial charge in [0.15, 0.2) is 5.76 Å². The first-order chi connectivity index (χ1) is 15.1. The topological polar surface area (TPSA) is 62.6 Å². The molecule has 0 bridgehead atoms. The number of carbonyl (C=O) groups excluding carboxylic acids is 2. The van der Waals surface area contributed by atoms with E-state index in [2.05, 4.69) is 5.32 Å². The summed E-state index contributed by atoms with van der Waals surface area (Å²) in [5.74, 6) is -0.119. The monoisotopic (exact) mass is 412 g/mol. The van der Waals surface area contributed by atoms with Gasteiger partial charge in [-0.15, -0.1) is 0 Å². The molecule has 156 valence electrons. The Kier molecular flexibility index (Phi) is 4.94. The van der Waals surface area contributed by atoms with Gasteiger partial charge in [-0.3, -0.25) is 9.59 Å². The number of hydrogen-bond donors (Lipinski definition) is 1. The lowest BCUT2D eigenvalue weighted by atomic mass is 10.1. The molecule has 0 radical (unpaired) electrons. The number of fused-ring (bicyclic) bond motifs is 3. The number of benzene rings is 3. The van der Waals surface area contributed by atoms with Crippen molar-refractivity contribution in [3.8, 4) is 0 Å². The molecule has 1 saturated heterocycles. The molecule has 2 amide bonds. The average Bonchev–Trinajstić information content (AvgIpc) is 3.16. The number of amides is 2. The summed E-state index contributed by atoms with van der Waals surface area (Å²) in [6.07, 6.45) is 3.20. The normalized spacial score (nSPS) is 14.2. The summed E-state index contributed by atoms with van der Waals surface area (Å²) >= 11 is 0. The van der Waals surface area contributed by atoms with Crippen LogP contribution in [0, 0.1) is 6.92 Å². The fraction of sp³-hybridized carbons (Fsp3) is 0.231. The van der Waals surface area contributed by atoms with Crippen LogP contribution in [0.15, 0.2) is 65.1 Å². The Morgan fingerprint density at radius 3 is 2.45 bits per heavy atom. The van der Waals surface area contributed by atoms with E-state index in [0.29, 0.717) is 16.8 Å². The molecular formula is C26H24N2O3. The molecule has 5 rings (SSSR count). The Morgan fingerprint density at radius 2 is 1.61 bits per heavy atom. The Hall–Kier alpha value is -3.60. The zero-order valence-electron chi connectivity index (χ0n) is 17.5. The molecule has 0 atom stereocenters. The number of para-hydroxylation sites is 1. The van der Waals surface area contributed by atoms with Crippen LogP contribution in [0.2, 0.25) is 0 Å². The summed E-state index contributed by atoms with van der Waals surface area (Å²) in [4.78, 5) is 28.1. The lowest BCUT2D eigenvalue weighted by Crippen LogP contribution is -2.36. The third-order valence-corrected chi connectivity index (χ3v) is 6.08. The zero-order chi connectivity index (χ0) is 21.4. The van der Waals surface area contributed by atoms with Crippen LogP contribution in [0.1, 0.15) is 45.7 Å². The lowest BCUT2D eigenvalue weighted by molar-refractivity contribution is 0.0725. The highest BCUT2D eigenvalue weighted by Crippen LogP contribution is 2.32. The van der Waals surface area contributed by atoms with Gasteiger partial charge >= 0.3 is 0 Å². The molecule has 0 unspecified atom stereocenters. The van der Waals surface area contributed by atoms with Crippen LogP contribution in [-0.2, 0) is 0 Å². The molecule has 1 fully saturated rings. The van der Waals surface area contributed by atoms with Crippen molar-refractivity contribution in [2.24, 2.45) is 0 Å². The number of furan rings is 1. The number of nitrogens with one attached hydrogen (secondary N) is 1. The second-order valence-corrected chi connectivity index (χ2v) is 8.07. The van der Waals surface area contributed by atoms with Crippen molar-refractivity contribution >= 4 is 39.2 Å². The van der Waals surface area contributed by atoms with E-state index >= 15 is 0 Å². The number of aryl methyl sites for hydroxylation is 1. The third-order valence-electron chi connectivity index (χ3n) is 6.08. The van der Waals surface area contributed by atoms with Gasteiger partial charge in [-0.25, -0.2) is 0 Å². The molecule has 0 spiro atoms. The Bertz CT molecular complexity index is 1300. The van der Waals surface area contributed by atoms with Crippen molar-refractivity contribution in [1.82, 2.24) is 4.90 Å². The van der Waals surface area contributed by atoms with Gasteiger partial charge in [-0.05, 0) is 43.7 Å². The SMILES string of the molecule is Cc1c(C(=O)Nc2ccccc2C(=O)N2CCCCC2)oc2c1ccc1ccccc12. The number of piperidine rings is 1. The number of nitrogens with zero attached hydrogens (tertiary/aromatic N) is 1. The predicted octanol–water partition coefficient (Wildman–Crippen LogP) is 5.77. The van der Waals surface area contributed by atoms with Gasteiger partial charge in [0.1, 0.15) is 5.58 Å². The Balaban J connectivity index is 1.48. The Morgan fingerprint density at radius 1 is 0.871 bits per heavy atom. The van der Waals surface area contributed by atoms with Crippen LogP contribution < -0.4 is 5.32 Å². The van der Waals surface area contributed by atoms with Gasteiger partial charge < -0.3 is 14.6 Å². The molecule has 1 N–H and O–H groups in total. The molecule has 2 heterocycles. The summed E-state index contributed by atoms with van der Waals surface area (Å²) in [7, 11) is 0. The van der Waals surface area contributed by atoms with E-state index in [1.54, 1.807) is 12.1 Å². The van der Waals surface area contributed by atoms with Crippen molar-refractivity contribution in [3.63, 3.8) is 0 Å². The van der Waals surface area contributed by atoms with Gasteiger partial charge in [-0.2, -0.15) is 0 Å². The van der Waals surface area contributed by atoms with Crippen molar-refractivity contribution in [1.29, 1.82) is 0 Å². The van der Waals surface area contributed by atoms with Crippen molar-refractivity contribution in [2.45, 2.75) is 26.2 Å². The quantitative estimate of drug-likeness (QED) is 0.464. The molecule has 5 heteroatoms. The van der Waals surface area contributed by atoms with Crippen LogP contribution in [0.5, 0.6) is 0 Å². The Labute approximate surface area is 180 Å². The highest BCUT2D eigenvalue weighted by Gasteiger charge is 2.24. The first-order valence-corrected chi connectivity index (χ1v) is 10.7. The molecule has 4 aromatic rings. The molecule has 5 nitrogen and oxygen atoms in total. The summed E-state index contributed by atoms with van der Waals surface area (Å²) < 4.78 is 6.06. The number of carbonyl (C=O) groups is 2. The molecule has 1 aliphatic rings. The number of anilines is 1. The molecule has 3 aromatic carbocycles. The van der Waals surface area contributed by atoms with Crippen LogP contribution >= 0.6 is 0 Å². The van der Waals surface area contributed by atoms with Gasteiger partial charge in [0.25, 0.3) is 11.8 Å². The van der Waals surface area contributed by atoms with Gasteiger partial charge in [0, 0.05) is 29.4 Å². The van der Waals surface area contributed by atoms with Crippen LogP contribution in [0.4, 0.5) is 5.69 Å². The van der Waals surface area contributed by atoms with E-state index in [-0.39, 0.29) is 17.6 Å². The number of rotatable bonds is 3. The summed E-state index contributed by atoms with van der Waals surface area (Å²) in [5.41, 5.74) is 2.52. The maximum atomic E-state index is 13.2. The fourth-order valence-electron chi connectivity index (χ4n) is 4.39. The van der Waals surface area contributed by atoms with Crippen LogP contribution in [0.25, 0.3) is 21.7 Å². The van der Waals surface area contributed by atoms with Gasteiger partial charge in [0.2, 0.25) is 0 Å². The minimum absolute atomic E-state index is 0.0390. The minimum Gasteiger partial charge on any atom is -0.450 e. The van der Waals surface area contributed by atoms with E-state index in [4.69, 9.17) is 4.42 Å². The highest BCUT2D eigenvalue weighted by atomic mass is 16.3. The molecule has 0 saturated carbocycles. The van der Waals surface area contributed by atoms with E-state index in [1.165, 1.54) is 0 Å². The van der Waals surface area contributed by atoms with Crippen molar-refractivity contribution in [3.05, 3.63) is 77.6 Å². The average molecular weight is 412 g/mol. The molecular weight excluding hydrogens is 388 g/mol. The first-order valence-electron chi connectivity index (χ1n) is 10.7. The minimum atomic E-state index is -0.350. The second-order valence-electron chi connectivity index (χ2n) is 8.07. The smallest absolute Gasteiger partial charge is 0.291 e. The third kappa shape index (κ3) is 3.46. The van der Waals surface area contributed by atoms with Crippen LogP contribution in [0.3, 0.4) is 0 Å². The van der Waals surface area contributed by atoms with E-state index in [1.807, 2.05) is 60.4 Å². The maximum absolute atomic E-state index is 13.2. The zero-order valence-corrected chi connectivity index (χ0v) is 17.5. The number of likely N-dealkylation sites (tertiary alicyclic amines) is 1. The first kappa shape index (κ1) is 19.4. The largest absolute Gasteiger partial charge is 0.450 e. The van der Waals surface area contributed by atoms with Crippen LogP contribution in [-0.4, -0.2) is 29.8 Å². The van der Waals surface area contributed by atoms with E-state index in [0.717, 1.165) is 54.1 Å². The lowest BCUT2D eigenvalue weighted by Gasteiger charge is -2.27. The molecule has 31 heavy (non-hydrogen) atoms. The second kappa shape index (κ2) is 7.91. The van der Waals surface area contributed by atoms with Crippen molar-refractivity contribution in [2.75, 3.05) is 18.4 Å². The molecule has 0 aliphatic carbocycles. The predicted molar refractivity (Wildman–Crippen MR) is 123 cm³/mol. The maximum Gasteiger partial charge on any atom is 0.291 e. The van der Waals surface area contributed by atoms with Gasteiger partial charge in [-0.1, -0.05) is 48.5 Å². The summed E-state index contributed by atoms with van der Waals surface area (Å²) in [6, 6.07) is 19.2. The summed E-state index contributed by atoms with van der Waals surface area (Å²) in [6.45, 7) is 3.41. The van der Waals surface area contributed by atoms with E-state index in [9.17, 15) is 9.59 Å². The fourth-order valence-corrected chi connectivity index (χ4v) is 4.39. The highest BCUT2D eigenvalue weighted by molar-refractivity contribution is 6.13. The number of hydrogen-bond acceptors (Lipinski definition) is 3. The standard InChI is InChI=1S/C26H24N2O3/c1-17-19-14-13-18-9-3-4-10-20(18)24(19)31-23(17)25(29)27-22-12-6-5-11-21(22)26(30)28-15-7-2-8-16-28/h3-6,9-14H,2,7-8,15-16H2,1H3,(H,27,29). The molecule has 1 aromatic heterocycles. The van der Waals surface area contributed by atoms with Gasteiger partial charge in [0.05, 0.1) is 11.3 Å². The van der Waals surface area contributed by atoms with E-state index < -0.39 is 0 Å². The summed E-state index contributed by atoms with van der Waals surface area (Å²) in [5, 5.41) is 5.87.